The largest absolute Gasteiger partial charge is 0.469 e. The Labute approximate surface area is 104 Å². The summed E-state index contributed by atoms with van der Waals surface area (Å²) in [4.78, 5) is 11.6. The fourth-order valence-electron chi connectivity index (χ4n) is 1.77. The van der Waals surface area contributed by atoms with Crippen LogP contribution in [0.15, 0.2) is 0 Å². The van der Waals surface area contributed by atoms with Crippen LogP contribution in [0, 0.1) is 5.92 Å². The third kappa shape index (κ3) is 6.03. The number of rotatable bonds is 8. The molecular formula is C13H26O4. The standard InChI is InChI=1S/C13H26O4/c1-6-7-8-10(12(15)16-4)11(14)9-13(2,3)17-5/h10-11,14H,6-9H2,1-5H3. The summed E-state index contributed by atoms with van der Waals surface area (Å²) in [5.74, 6) is -0.785. The molecule has 2 unspecified atom stereocenters. The van der Waals surface area contributed by atoms with Crippen LogP contribution >= 0.6 is 0 Å². The van der Waals surface area contributed by atoms with Crippen molar-refractivity contribution in [3.05, 3.63) is 0 Å². The van der Waals surface area contributed by atoms with Crippen LogP contribution in [0.4, 0.5) is 0 Å². The van der Waals surface area contributed by atoms with Crippen LogP contribution in [0.3, 0.4) is 0 Å². The van der Waals surface area contributed by atoms with Gasteiger partial charge in [0.25, 0.3) is 0 Å². The second kappa shape index (κ2) is 7.67. The quantitative estimate of drug-likeness (QED) is 0.667. The molecule has 0 rings (SSSR count). The maximum atomic E-state index is 11.6. The smallest absolute Gasteiger partial charge is 0.311 e. The van der Waals surface area contributed by atoms with E-state index in [1.165, 1.54) is 7.11 Å². The number of unbranched alkanes of at least 4 members (excludes halogenated alkanes) is 1. The fraction of sp³-hybridized carbons (Fsp3) is 0.923. The van der Waals surface area contributed by atoms with E-state index in [-0.39, 0.29) is 5.97 Å². The molecule has 0 heterocycles. The molecule has 0 amide bonds. The van der Waals surface area contributed by atoms with Gasteiger partial charge in [0.05, 0.1) is 24.7 Å². The lowest BCUT2D eigenvalue weighted by Crippen LogP contribution is -2.36. The average Bonchev–Trinajstić information content (AvgIpc) is 2.28. The minimum Gasteiger partial charge on any atom is -0.469 e. The highest BCUT2D eigenvalue weighted by molar-refractivity contribution is 5.72. The molecule has 1 N–H and O–H groups in total. The zero-order chi connectivity index (χ0) is 13.5. The minimum atomic E-state index is -0.719. The van der Waals surface area contributed by atoms with E-state index in [2.05, 4.69) is 6.92 Å². The van der Waals surface area contributed by atoms with E-state index in [9.17, 15) is 9.90 Å². The van der Waals surface area contributed by atoms with Crippen LogP contribution in [0.25, 0.3) is 0 Å². The van der Waals surface area contributed by atoms with E-state index in [1.807, 2.05) is 13.8 Å². The minimum absolute atomic E-state index is 0.335. The van der Waals surface area contributed by atoms with Crippen molar-refractivity contribution in [1.29, 1.82) is 0 Å². The number of carbonyl (C=O) groups is 1. The van der Waals surface area contributed by atoms with Crippen LogP contribution in [0.1, 0.15) is 46.5 Å². The first-order chi connectivity index (χ1) is 7.87. The van der Waals surface area contributed by atoms with Gasteiger partial charge in [0, 0.05) is 13.5 Å². The first-order valence-corrected chi connectivity index (χ1v) is 6.19. The third-order valence-electron chi connectivity index (χ3n) is 3.09. The van der Waals surface area contributed by atoms with Crippen molar-refractivity contribution < 1.29 is 19.4 Å². The van der Waals surface area contributed by atoms with Crippen molar-refractivity contribution in [2.75, 3.05) is 14.2 Å². The molecule has 2 atom stereocenters. The molecule has 0 aromatic heterocycles. The Hall–Kier alpha value is -0.610. The molecule has 0 fully saturated rings. The van der Waals surface area contributed by atoms with Gasteiger partial charge in [-0.15, -0.1) is 0 Å². The Morgan fingerprint density at radius 2 is 1.94 bits per heavy atom. The van der Waals surface area contributed by atoms with Crippen molar-refractivity contribution in [3.8, 4) is 0 Å². The molecule has 4 heteroatoms. The van der Waals surface area contributed by atoms with Gasteiger partial charge < -0.3 is 14.6 Å². The van der Waals surface area contributed by atoms with Crippen molar-refractivity contribution in [2.24, 2.45) is 5.92 Å². The van der Waals surface area contributed by atoms with E-state index >= 15 is 0 Å². The summed E-state index contributed by atoms with van der Waals surface area (Å²) < 4.78 is 10.0. The highest BCUT2D eigenvalue weighted by atomic mass is 16.5. The van der Waals surface area contributed by atoms with Gasteiger partial charge in [-0.1, -0.05) is 19.8 Å². The van der Waals surface area contributed by atoms with Gasteiger partial charge in [-0.2, -0.15) is 0 Å². The number of aliphatic hydroxyl groups is 1. The van der Waals surface area contributed by atoms with Gasteiger partial charge in [0.15, 0.2) is 0 Å². The van der Waals surface area contributed by atoms with Crippen LogP contribution in [-0.4, -0.2) is 37.0 Å². The van der Waals surface area contributed by atoms with Crippen molar-refractivity contribution in [3.63, 3.8) is 0 Å². The molecule has 0 saturated heterocycles. The average molecular weight is 246 g/mol. The normalized spacial score (nSPS) is 15.4. The predicted octanol–water partition coefficient (Wildman–Crippen LogP) is 2.14. The number of hydrogen-bond acceptors (Lipinski definition) is 4. The number of carbonyl (C=O) groups excluding carboxylic acids is 1. The molecule has 0 saturated carbocycles. The second-order valence-corrected chi connectivity index (χ2v) is 5.01. The Kier molecular flexibility index (Phi) is 7.39. The van der Waals surface area contributed by atoms with Crippen molar-refractivity contribution in [2.45, 2.75) is 58.2 Å². The maximum Gasteiger partial charge on any atom is 0.311 e. The Bertz CT molecular complexity index is 225. The molecule has 0 aliphatic heterocycles. The zero-order valence-corrected chi connectivity index (χ0v) is 11.7. The molecule has 0 radical (unpaired) electrons. The summed E-state index contributed by atoms with van der Waals surface area (Å²) in [6, 6.07) is 0. The van der Waals surface area contributed by atoms with Gasteiger partial charge in [0.2, 0.25) is 0 Å². The van der Waals surface area contributed by atoms with Crippen molar-refractivity contribution in [1.82, 2.24) is 0 Å². The molecule has 0 spiro atoms. The van der Waals surface area contributed by atoms with E-state index < -0.39 is 17.6 Å². The van der Waals surface area contributed by atoms with Gasteiger partial charge in [-0.05, 0) is 20.3 Å². The molecular weight excluding hydrogens is 220 g/mol. The van der Waals surface area contributed by atoms with Crippen molar-refractivity contribution >= 4 is 5.97 Å². The summed E-state index contributed by atoms with van der Waals surface area (Å²) in [5, 5.41) is 10.1. The number of methoxy groups -OCH3 is 2. The number of hydrogen-bond donors (Lipinski definition) is 1. The number of aliphatic hydroxyl groups excluding tert-OH is 1. The molecule has 17 heavy (non-hydrogen) atoms. The Balaban J connectivity index is 4.51. The summed E-state index contributed by atoms with van der Waals surface area (Å²) in [7, 11) is 2.96. The lowest BCUT2D eigenvalue weighted by Gasteiger charge is -2.29. The molecule has 0 aliphatic rings. The van der Waals surface area contributed by atoms with Gasteiger partial charge in [0.1, 0.15) is 0 Å². The van der Waals surface area contributed by atoms with E-state index in [1.54, 1.807) is 7.11 Å². The second-order valence-electron chi connectivity index (χ2n) is 5.01. The SMILES string of the molecule is CCCCC(C(=O)OC)C(O)CC(C)(C)OC. The molecule has 0 aromatic rings. The van der Waals surface area contributed by atoms with E-state index in [4.69, 9.17) is 9.47 Å². The highest BCUT2D eigenvalue weighted by Gasteiger charge is 2.32. The summed E-state index contributed by atoms with van der Waals surface area (Å²) >= 11 is 0. The Morgan fingerprint density at radius 1 is 1.35 bits per heavy atom. The molecule has 0 bridgehead atoms. The Morgan fingerprint density at radius 3 is 2.35 bits per heavy atom. The van der Waals surface area contributed by atoms with Crippen LogP contribution < -0.4 is 0 Å². The summed E-state index contributed by atoms with van der Waals surface area (Å²) in [6.45, 7) is 5.84. The van der Waals surface area contributed by atoms with E-state index in [0.717, 1.165) is 12.8 Å². The van der Waals surface area contributed by atoms with E-state index in [0.29, 0.717) is 12.8 Å². The van der Waals surface area contributed by atoms with Gasteiger partial charge in [-0.25, -0.2) is 0 Å². The first kappa shape index (κ1) is 16.4. The highest BCUT2D eigenvalue weighted by Crippen LogP contribution is 2.24. The maximum absolute atomic E-state index is 11.6. The topological polar surface area (TPSA) is 55.8 Å². The van der Waals surface area contributed by atoms with Gasteiger partial charge >= 0.3 is 5.97 Å². The lowest BCUT2D eigenvalue weighted by molar-refractivity contribution is -0.151. The fourth-order valence-corrected chi connectivity index (χ4v) is 1.77. The van der Waals surface area contributed by atoms with Crippen LogP contribution in [-0.2, 0) is 14.3 Å². The van der Waals surface area contributed by atoms with Gasteiger partial charge in [-0.3, -0.25) is 4.79 Å². The predicted molar refractivity (Wildman–Crippen MR) is 66.7 cm³/mol. The monoisotopic (exact) mass is 246 g/mol. The molecule has 4 nitrogen and oxygen atoms in total. The molecule has 0 aromatic carbocycles. The number of ether oxygens (including phenoxy) is 2. The summed E-state index contributed by atoms with van der Waals surface area (Å²) in [6.07, 6.45) is 2.26. The van der Waals surface area contributed by atoms with Crippen LogP contribution in [0.2, 0.25) is 0 Å². The lowest BCUT2D eigenvalue weighted by atomic mass is 9.88. The molecule has 102 valence electrons. The van der Waals surface area contributed by atoms with Crippen LogP contribution in [0.5, 0.6) is 0 Å². The molecule has 0 aliphatic carbocycles. The first-order valence-electron chi connectivity index (χ1n) is 6.19. The number of esters is 1. The zero-order valence-electron chi connectivity index (χ0n) is 11.7. The third-order valence-corrected chi connectivity index (χ3v) is 3.09. The summed E-state index contributed by atoms with van der Waals surface area (Å²) in [5.41, 5.74) is -0.433.